The van der Waals surface area contributed by atoms with Crippen LogP contribution in [0.1, 0.15) is 57.6 Å². The molecule has 0 aliphatic rings. The molecule has 20 heavy (non-hydrogen) atoms. The fraction of sp³-hybridized carbons (Fsp3) is 0.643. The quantitative estimate of drug-likeness (QED) is 0.648. The summed E-state index contributed by atoms with van der Waals surface area (Å²) >= 11 is 1.39. The molecule has 2 N–H and O–H groups in total. The van der Waals surface area contributed by atoms with Crippen molar-refractivity contribution in [2.24, 2.45) is 0 Å². The highest BCUT2D eigenvalue weighted by Gasteiger charge is 2.07. The van der Waals surface area contributed by atoms with Crippen LogP contribution in [0.5, 0.6) is 0 Å². The maximum absolute atomic E-state index is 11.7. The summed E-state index contributed by atoms with van der Waals surface area (Å²) < 4.78 is 0. The van der Waals surface area contributed by atoms with E-state index in [-0.39, 0.29) is 12.3 Å². The van der Waals surface area contributed by atoms with E-state index in [1.54, 1.807) is 0 Å². The van der Waals surface area contributed by atoms with Crippen LogP contribution in [0.2, 0.25) is 0 Å². The fourth-order valence-electron chi connectivity index (χ4n) is 1.79. The Bertz CT molecular complexity index is 432. The Balaban J connectivity index is 2.25. The largest absolute Gasteiger partial charge is 0.481 e. The number of anilines is 1. The van der Waals surface area contributed by atoms with Gasteiger partial charge < -0.3 is 10.4 Å². The molecule has 0 unspecified atom stereocenters. The number of nitrogens with one attached hydrogen (secondary N) is 1. The van der Waals surface area contributed by atoms with E-state index >= 15 is 0 Å². The monoisotopic (exact) mass is 298 g/mol. The van der Waals surface area contributed by atoms with Crippen LogP contribution < -0.4 is 5.32 Å². The van der Waals surface area contributed by atoms with Crippen molar-refractivity contribution in [2.75, 3.05) is 5.32 Å². The summed E-state index contributed by atoms with van der Waals surface area (Å²) in [6.45, 7) is 2.14. The summed E-state index contributed by atoms with van der Waals surface area (Å²) in [5.74, 6) is -0.784. The Kier molecular flexibility index (Phi) is 7.87. The van der Waals surface area contributed by atoms with Crippen LogP contribution in [0.15, 0.2) is 5.38 Å². The predicted octanol–water partition coefficient (Wildman–Crippen LogP) is 3.46. The number of hydrogen-bond acceptors (Lipinski definition) is 4. The molecule has 0 atom stereocenters. The lowest BCUT2D eigenvalue weighted by molar-refractivity contribution is -0.137. The second-order valence-electron chi connectivity index (χ2n) is 4.75. The molecule has 1 rings (SSSR count). The number of carboxylic acid groups (broad SMARTS) is 1. The lowest BCUT2D eigenvalue weighted by atomic mass is 10.1. The van der Waals surface area contributed by atoms with E-state index in [4.69, 9.17) is 5.11 Å². The van der Waals surface area contributed by atoms with Gasteiger partial charge in [0.25, 0.3) is 0 Å². The minimum atomic E-state index is -0.791. The van der Waals surface area contributed by atoms with Gasteiger partial charge in [0.2, 0.25) is 5.91 Å². The van der Waals surface area contributed by atoms with E-state index < -0.39 is 5.97 Å². The van der Waals surface area contributed by atoms with Crippen molar-refractivity contribution in [2.45, 2.75) is 58.3 Å². The summed E-state index contributed by atoms with van der Waals surface area (Å²) in [5.41, 5.74) is 0.845. The first-order valence-corrected chi connectivity index (χ1v) is 7.95. The number of carbonyl (C=O) groups excluding carboxylic acids is 1. The Morgan fingerprint density at radius 1 is 1.25 bits per heavy atom. The molecular formula is C14H22N2O3S. The minimum Gasteiger partial charge on any atom is -0.481 e. The van der Waals surface area contributed by atoms with Crippen LogP contribution >= 0.6 is 11.3 Å². The third-order valence-electron chi connectivity index (χ3n) is 2.88. The van der Waals surface area contributed by atoms with Crippen molar-refractivity contribution < 1.29 is 14.7 Å². The van der Waals surface area contributed by atoms with E-state index in [2.05, 4.69) is 17.2 Å². The van der Waals surface area contributed by atoms with Crippen LogP contribution in [0.4, 0.5) is 5.13 Å². The van der Waals surface area contributed by atoms with Gasteiger partial charge in [-0.2, -0.15) is 0 Å². The number of amides is 1. The molecule has 0 aromatic carbocycles. The first-order chi connectivity index (χ1) is 9.61. The first-order valence-electron chi connectivity index (χ1n) is 7.08. The van der Waals surface area contributed by atoms with Crippen LogP contribution in [0.25, 0.3) is 0 Å². The summed E-state index contributed by atoms with van der Waals surface area (Å²) in [5, 5.41) is 13.8. The van der Waals surface area contributed by atoms with Crippen molar-refractivity contribution in [3.05, 3.63) is 11.1 Å². The van der Waals surface area contributed by atoms with Crippen LogP contribution in [0, 0.1) is 0 Å². The SMILES string of the molecule is CCCCCCC(=O)Nc1nc(CCCC(=O)O)cs1. The molecule has 0 saturated carbocycles. The van der Waals surface area contributed by atoms with E-state index in [1.807, 2.05) is 5.38 Å². The molecule has 0 fully saturated rings. The molecule has 0 spiro atoms. The van der Waals surface area contributed by atoms with Crippen molar-refractivity contribution in [3.8, 4) is 0 Å². The van der Waals surface area contributed by atoms with E-state index in [1.165, 1.54) is 11.3 Å². The number of carboxylic acids is 1. The second-order valence-corrected chi connectivity index (χ2v) is 5.61. The number of aromatic nitrogens is 1. The van der Waals surface area contributed by atoms with Crippen molar-refractivity contribution in [1.82, 2.24) is 4.98 Å². The van der Waals surface area contributed by atoms with E-state index in [9.17, 15) is 9.59 Å². The standard InChI is InChI=1S/C14H22N2O3S/c1-2-3-4-5-8-12(17)16-14-15-11(10-20-14)7-6-9-13(18)19/h10H,2-9H2,1H3,(H,18,19)(H,15,16,17). The van der Waals surface area contributed by atoms with Gasteiger partial charge >= 0.3 is 5.97 Å². The lowest BCUT2D eigenvalue weighted by Crippen LogP contribution is -2.10. The lowest BCUT2D eigenvalue weighted by Gasteiger charge is -2.01. The number of thiazole rings is 1. The van der Waals surface area contributed by atoms with Crippen LogP contribution in [-0.4, -0.2) is 22.0 Å². The number of nitrogens with zero attached hydrogens (tertiary/aromatic N) is 1. The topological polar surface area (TPSA) is 79.3 Å². The normalized spacial score (nSPS) is 10.4. The van der Waals surface area contributed by atoms with Gasteiger partial charge in [-0.25, -0.2) is 4.98 Å². The van der Waals surface area contributed by atoms with Gasteiger partial charge in [-0.1, -0.05) is 26.2 Å². The zero-order valence-electron chi connectivity index (χ0n) is 11.9. The summed E-state index contributed by atoms with van der Waals surface area (Å²) in [6, 6.07) is 0. The first kappa shape index (κ1) is 16.6. The highest BCUT2D eigenvalue weighted by Crippen LogP contribution is 2.17. The van der Waals surface area contributed by atoms with Crippen molar-refractivity contribution in [1.29, 1.82) is 0 Å². The van der Waals surface area contributed by atoms with Gasteiger partial charge in [-0.15, -0.1) is 11.3 Å². The third-order valence-corrected chi connectivity index (χ3v) is 3.69. The Hall–Kier alpha value is -1.43. The van der Waals surface area contributed by atoms with E-state index in [0.29, 0.717) is 24.4 Å². The Morgan fingerprint density at radius 2 is 2.05 bits per heavy atom. The zero-order chi connectivity index (χ0) is 14.8. The molecule has 0 aliphatic carbocycles. The van der Waals surface area contributed by atoms with Gasteiger partial charge in [-0.05, 0) is 19.3 Å². The van der Waals surface area contributed by atoms with Gasteiger partial charge in [0, 0.05) is 18.2 Å². The average Bonchev–Trinajstić information content (AvgIpc) is 2.82. The van der Waals surface area contributed by atoms with Crippen LogP contribution in [0.3, 0.4) is 0 Å². The summed E-state index contributed by atoms with van der Waals surface area (Å²) in [6.07, 6.45) is 6.22. The molecular weight excluding hydrogens is 276 g/mol. The van der Waals surface area contributed by atoms with Gasteiger partial charge in [0.15, 0.2) is 5.13 Å². The number of aliphatic carboxylic acids is 1. The Labute approximate surface area is 123 Å². The van der Waals surface area contributed by atoms with Gasteiger partial charge in [0.1, 0.15) is 0 Å². The molecule has 1 amide bonds. The molecule has 112 valence electrons. The third kappa shape index (κ3) is 7.23. The fourth-order valence-corrected chi connectivity index (χ4v) is 2.55. The number of carbonyl (C=O) groups is 2. The maximum Gasteiger partial charge on any atom is 0.303 e. The van der Waals surface area contributed by atoms with Crippen LogP contribution in [-0.2, 0) is 16.0 Å². The molecule has 5 nitrogen and oxygen atoms in total. The van der Waals surface area contributed by atoms with Gasteiger partial charge in [0.05, 0.1) is 5.69 Å². The number of rotatable bonds is 10. The van der Waals surface area contributed by atoms with Gasteiger partial charge in [-0.3, -0.25) is 9.59 Å². The molecule has 0 radical (unpaired) electrons. The van der Waals surface area contributed by atoms with Crippen molar-refractivity contribution >= 4 is 28.3 Å². The number of aryl methyl sites for hydroxylation is 1. The summed E-state index contributed by atoms with van der Waals surface area (Å²) in [4.78, 5) is 26.4. The van der Waals surface area contributed by atoms with Crippen molar-refractivity contribution in [3.63, 3.8) is 0 Å². The highest BCUT2D eigenvalue weighted by molar-refractivity contribution is 7.13. The predicted molar refractivity (Wildman–Crippen MR) is 80.1 cm³/mol. The molecule has 1 aromatic rings. The molecule has 0 bridgehead atoms. The molecule has 1 heterocycles. The van der Waals surface area contributed by atoms with E-state index in [0.717, 1.165) is 31.4 Å². The zero-order valence-corrected chi connectivity index (χ0v) is 12.7. The maximum atomic E-state index is 11.7. The number of unbranched alkanes of at least 4 members (excludes halogenated alkanes) is 3. The second kappa shape index (κ2) is 9.47. The summed E-state index contributed by atoms with van der Waals surface area (Å²) in [7, 11) is 0. The minimum absolute atomic E-state index is 0.00698. The molecule has 0 aliphatic heterocycles. The Morgan fingerprint density at radius 3 is 2.75 bits per heavy atom. The molecule has 6 heteroatoms. The number of hydrogen-bond donors (Lipinski definition) is 2. The average molecular weight is 298 g/mol. The molecule has 1 aromatic heterocycles. The smallest absolute Gasteiger partial charge is 0.303 e. The molecule has 0 saturated heterocycles. The highest BCUT2D eigenvalue weighted by atomic mass is 32.1.